The highest BCUT2D eigenvalue weighted by molar-refractivity contribution is 7.86. The molecule has 6 nitrogen and oxygen atoms in total. The first-order chi connectivity index (χ1) is 11.2. The first kappa shape index (κ1) is 18.4. The molecule has 1 aliphatic heterocycles. The summed E-state index contributed by atoms with van der Waals surface area (Å²) in [4.78, 5) is 24.6. The highest BCUT2D eigenvalue weighted by atomic mass is 32.2. The maximum atomic E-state index is 12.7. The molecule has 24 heavy (non-hydrogen) atoms. The average Bonchev–Trinajstić information content (AvgIpc) is 2.49. The van der Waals surface area contributed by atoms with Gasteiger partial charge in [0.1, 0.15) is 16.6 Å². The standard InChI is InChI=1S/C17H23NO5S/c1-17(2,3)23-16(20)18-13-9-10-24(21)15(14(13)19)11-5-7-12(22-4)8-6-11/h5-8,13,15H,9-10H2,1-4H3,(H,18,20)/t13-,15-,24+/m0/s1. The predicted molar refractivity (Wildman–Crippen MR) is 91.5 cm³/mol. The topological polar surface area (TPSA) is 81.7 Å². The van der Waals surface area contributed by atoms with Crippen molar-refractivity contribution in [3.8, 4) is 5.75 Å². The van der Waals surface area contributed by atoms with Crippen molar-refractivity contribution in [1.82, 2.24) is 5.32 Å². The van der Waals surface area contributed by atoms with E-state index < -0.39 is 33.8 Å². The molecule has 2 rings (SSSR count). The van der Waals surface area contributed by atoms with E-state index in [1.54, 1.807) is 52.1 Å². The number of nitrogens with one attached hydrogen (secondary N) is 1. The minimum absolute atomic E-state index is 0.254. The number of ether oxygens (including phenoxy) is 2. The van der Waals surface area contributed by atoms with Crippen molar-refractivity contribution in [3.63, 3.8) is 0 Å². The molecule has 0 unspecified atom stereocenters. The Balaban J connectivity index is 2.13. The molecule has 3 atom stereocenters. The zero-order valence-corrected chi connectivity index (χ0v) is 15.1. The molecule has 0 bridgehead atoms. The molecular formula is C17H23NO5S. The molecule has 0 radical (unpaired) electrons. The van der Waals surface area contributed by atoms with Crippen LogP contribution in [-0.4, -0.2) is 40.6 Å². The van der Waals surface area contributed by atoms with E-state index >= 15 is 0 Å². The van der Waals surface area contributed by atoms with Gasteiger partial charge in [0.2, 0.25) is 0 Å². The lowest BCUT2D eigenvalue weighted by Gasteiger charge is -2.29. The molecule has 1 amide bonds. The number of carbonyl (C=O) groups excluding carboxylic acids is 2. The average molecular weight is 353 g/mol. The van der Waals surface area contributed by atoms with E-state index in [1.165, 1.54) is 0 Å². The van der Waals surface area contributed by atoms with Crippen molar-refractivity contribution in [2.24, 2.45) is 0 Å². The molecule has 1 aromatic carbocycles. The molecule has 132 valence electrons. The zero-order valence-electron chi connectivity index (χ0n) is 14.3. The summed E-state index contributed by atoms with van der Waals surface area (Å²) >= 11 is 0. The monoisotopic (exact) mass is 353 g/mol. The molecule has 0 aromatic heterocycles. The summed E-state index contributed by atoms with van der Waals surface area (Å²) in [7, 11) is 0.251. The van der Waals surface area contributed by atoms with E-state index in [4.69, 9.17) is 9.47 Å². The van der Waals surface area contributed by atoms with Gasteiger partial charge >= 0.3 is 6.09 Å². The Kier molecular flexibility index (Phi) is 5.64. The number of Topliss-reactive ketones (excluding diaryl/α,β-unsaturated/α-hetero) is 1. The van der Waals surface area contributed by atoms with Crippen molar-refractivity contribution >= 4 is 22.7 Å². The summed E-state index contributed by atoms with van der Waals surface area (Å²) in [5.74, 6) is 0.759. The number of hydrogen-bond acceptors (Lipinski definition) is 5. The van der Waals surface area contributed by atoms with Gasteiger partial charge in [-0.1, -0.05) is 12.1 Å². The predicted octanol–water partition coefficient (Wildman–Crippen LogP) is 2.35. The van der Waals surface area contributed by atoms with Crippen LogP contribution in [0.4, 0.5) is 4.79 Å². The highest BCUT2D eigenvalue weighted by Crippen LogP contribution is 2.29. The molecule has 1 aliphatic rings. The molecular weight excluding hydrogens is 330 g/mol. The fourth-order valence-electron chi connectivity index (χ4n) is 2.49. The summed E-state index contributed by atoms with van der Waals surface area (Å²) in [5, 5.41) is 1.85. The van der Waals surface area contributed by atoms with Crippen LogP contribution < -0.4 is 10.1 Å². The third-order valence-corrected chi connectivity index (χ3v) is 5.25. The molecule has 7 heteroatoms. The smallest absolute Gasteiger partial charge is 0.408 e. The third kappa shape index (κ3) is 4.56. The number of alkyl carbamates (subject to hydrolysis) is 1. The Bertz CT molecular complexity index is 635. The van der Waals surface area contributed by atoms with Crippen LogP contribution in [0, 0.1) is 0 Å². The van der Waals surface area contributed by atoms with Crippen LogP contribution in [0.1, 0.15) is 38.0 Å². The second kappa shape index (κ2) is 7.34. The van der Waals surface area contributed by atoms with E-state index in [1.807, 2.05) is 0 Å². The Labute approximate surface area is 144 Å². The Hall–Kier alpha value is -1.89. The molecule has 1 N–H and O–H groups in total. The van der Waals surface area contributed by atoms with Gasteiger partial charge in [0.25, 0.3) is 0 Å². The highest BCUT2D eigenvalue weighted by Gasteiger charge is 2.38. The summed E-state index contributed by atoms with van der Waals surface area (Å²) in [6.07, 6.45) is -0.292. The van der Waals surface area contributed by atoms with Gasteiger partial charge in [0.05, 0.1) is 13.2 Å². The van der Waals surface area contributed by atoms with Gasteiger partial charge in [0.15, 0.2) is 5.78 Å². The Morgan fingerprint density at radius 1 is 1.25 bits per heavy atom. The van der Waals surface area contributed by atoms with E-state index in [2.05, 4.69) is 5.32 Å². The van der Waals surface area contributed by atoms with Crippen molar-refractivity contribution < 1.29 is 23.3 Å². The lowest BCUT2D eigenvalue weighted by atomic mass is 10.0. The summed E-state index contributed by atoms with van der Waals surface area (Å²) in [5.41, 5.74) is 0.0230. The lowest BCUT2D eigenvalue weighted by molar-refractivity contribution is -0.121. The van der Waals surface area contributed by atoms with Crippen LogP contribution in [0.5, 0.6) is 5.75 Å². The second-order valence-electron chi connectivity index (χ2n) is 6.63. The van der Waals surface area contributed by atoms with Crippen molar-refractivity contribution in [3.05, 3.63) is 29.8 Å². The normalized spacial score (nSPS) is 24.3. The largest absolute Gasteiger partial charge is 0.497 e. The Morgan fingerprint density at radius 3 is 2.42 bits per heavy atom. The number of amides is 1. The molecule has 1 fully saturated rings. The van der Waals surface area contributed by atoms with Crippen LogP contribution in [0.2, 0.25) is 0 Å². The molecule has 1 heterocycles. The van der Waals surface area contributed by atoms with Crippen molar-refractivity contribution in [2.75, 3.05) is 12.9 Å². The number of benzene rings is 1. The minimum Gasteiger partial charge on any atom is -0.497 e. The summed E-state index contributed by atoms with van der Waals surface area (Å²) in [6.45, 7) is 5.26. The number of methoxy groups -OCH3 is 1. The number of rotatable bonds is 3. The van der Waals surface area contributed by atoms with E-state index in [9.17, 15) is 13.8 Å². The van der Waals surface area contributed by atoms with Gasteiger partial charge in [-0.15, -0.1) is 0 Å². The van der Waals surface area contributed by atoms with Crippen LogP contribution in [-0.2, 0) is 20.3 Å². The van der Waals surface area contributed by atoms with Gasteiger partial charge in [-0.05, 0) is 44.9 Å². The van der Waals surface area contributed by atoms with E-state index in [0.717, 1.165) is 0 Å². The minimum atomic E-state index is -1.30. The third-order valence-electron chi connectivity index (χ3n) is 3.58. The van der Waals surface area contributed by atoms with Crippen LogP contribution in [0.25, 0.3) is 0 Å². The van der Waals surface area contributed by atoms with Gasteiger partial charge in [0, 0.05) is 16.6 Å². The van der Waals surface area contributed by atoms with Crippen LogP contribution in [0.15, 0.2) is 24.3 Å². The van der Waals surface area contributed by atoms with Crippen molar-refractivity contribution in [1.29, 1.82) is 0 Å². The number of carbonyl (C=O) groups is 2. The fourth-order valence-corrected chi connectivity index (χ4v) is 4.08. The first-order valence-electron chi connectivity index (χ1n) is 7.75. The first-order valence-corrected chi connectivity index (χ1v) is 9.14. The van der Waals surface area contributed by atoms with Crippen molar-refractivity contribution in [2.45, 2.75) is 44.1 Å². The maximum absolute atomic E-state index is 12.7. The second-order valence-corrected chi connectivity index (χ2v) is 8.27. The quantitative estimate of drug-likeness (QED) is 0.902. The van der Waals surface area contributed by atoms with Gasteiger partial charge in [-0.2, -0.15) is 0 Å². The summed E-state index contributed by atoms with van der Waals surface area (Å²) in [6, 6.07) is 6.23. The van der Waals surface area contributed by atoms with Gasteiger partial charge in [-0.3, -0.25) is 9.00 Å². The fraction of sp³-hybridized carbons (Fsp3) is 0.529. The summed E-state index contributed by atoms with van der Waals surface area (Å²) < 4.78 is 22.6. The maximum Gasteiger partial charge on any atom is 0.408 e. The van der Waals surface area contributed by atoms with E-state index in [0.29, 0.717) is 23.5 Å². The van der Waals surface area contributed by atoms with Crippen LogP contribution in [0.3, 0.4) is 0 Å². The number of ketones is 1. The molecule has 1 saturated heterocycles. The number of hydrogen-bond donors (Lipinski definition) is 1. The molecule has 0 spiro atoms. The SMILES string of the molecule is COc1ccc([C@H]2C(=O)[C@@H](NC(=O)OC(C)(C)C)CC[S@]2=O)cc1. The van der Waals surface area contributed by atoms with Gasteiger partial charge in [-0.25, -0.2) is 4.79 Å². The lowest BCUT2D eigenvalue weighted by Crippen LogP contribution is -2.49. The zero-order chi connectivity index (χ0) is 17.9. The van der Waals surface area contributed by atoms with Gasteiger partial charge < -0.3 is 14.8 Å². The van der Waals surface area contributed by atoms with Crippen LogP contribution >= 0.6 is 0 Å². The molecule has 0 aliphatic carbocycles. The molecule has 1 aromatic rings. The molecule has 0 saturated carbocycles. The van der Waals surface area contributed by atoms with E-state index in [-0.39, 0.29) is 5.78 Å². The Morgan fingerprint density at radius 2 is 1.88 bits per heavy atom.